The highest BCUT2D eigenvalue weighted by molar-refractivity contribution is 5.76. The van der Waals surface area contributed by atoms with Crippen LogP contribution in [0.2, 0.25) is 0 Å². The second-order valence-corrected chi connectivity index (χ2v) is 31.3. The Labute approximate surface area is 609 Å². The average Bonchev–Trinajstić information content (AvgIpc) is 2.45. The minimum Gasteiger partial charge on any atom is -0.466 e. The molecule has 0 aliphatic carbocycles. The topological polar surface area (TPSA) is 95.9 Å². The molecule has 6 nitrogen and oxygen atoms in total. The smallest absolute Gasteiger partial charge is 0.305 e. The van der Waals surface area contributed by atoms with Crippen molar-refractivity contribution < 1.29 is 24.5 Å². The molecule has 0 saturated heterocycles. The number of aliphatic hydroxyl groups excluding tert-OH is 2. The Balaban J connectivity index is 3.34. The van der Waals surface area contributed by atoms with Crippen LogP contribution in [0.5, 0.6) is 0 Å². The van der Waals surface area contributed by atoms with Crippen molar-refractivity contribution in [3.8, 4) is 0 Å². The van der Waals surface area contributed by atoms with Gasteiger partial charge in [0.2, 0.25) is 5.91 Å². The van der Waals surface area contributed by atoms with E-state index in [2.05, 4.69) is 31.3 Å². The SMILES string of the molecule is CCCCCCCCCCCCCCCCCCCCCCCCC/C=C/C(O)C(CO)NC(=O)CCCCCCCCCCCCCCCCCCC/C=C\CCCCCCCCCCCCCCCCCCOC(=O)CCCCCCCCCCCCCCCCCCCC. The maximum atomic E-state index is 12.6. The molecule has 0 aliphatic heterocycles. The molecule has 3 N–H and O–H groups in total. The summed E-state index contributed by atoms with van der Waals surface area (Å²) in [6, 6.07) is -0.626. The lowest BCUT2D eigenvalue weighted by Crippen LogP contribution is -2.45. The van der Waals surface area contributed by atoms with Crippen LogP contribution >= 0.6 is 0 Å². The summed E-state index contributed by atoms with van der Waals surface area (Å²) in [6.45, 7) is 4.98. The summed E-state index contributed by atoms with van der Waals surface area (Å²) < 4.78 is 5.52. The van der Waals surface area contributed by atoms with Gasteiger partial charge < -0.3 is 20.3 Å². The lowest BCUT2D eigenvalue weighted by molar-refractivity contribution is -0.143. The van der Waals surface area contributed by atoms with Crippen molar-refractivity contribution in [3.63, 3.8) is 0 Å². The zero-order chi connectivity index (χ0) is 69.8. The molecule has 0 aliphatic rings. The Kier molecular flexibility index (Phi) is 85.3. The summed E-state index contributed by atoms with van der Waals surface area (Å²) in [6.07, 6.45) is 114. The van der Waals surface area contributed by atoms with Crippen molar-refractivity contribution in [2.24, 2.45) is 0 Å². The van der Waals surface area contributed by atoms with E-state index in [9.17, 15) is 19.8 Å². The molecule has 0 aromatic carbocycles. The van der Waals surface area contributed by atoms with Crippen LogP contribution in [0.3, 0.4) is 0 Å². The van der Waals surface area contributed by atoms with Gasteiger partial charge in [0.25, 0.3) is 0 Å². The van der Waals surface area contributed by atoms with Gasteiger partial charge in [-0.1, -0.05) is 475 Å². The van der Waals surface area contributed by atoms with Gasteiger partial charge in [-0.2, -0.15) is 0 Å². The van der Waals surface area contributed by atoms with Gasteiger partial charge in [-0.05, 0) is 57.8 Å². The Morgan fingerprint density at radius 2 is 0.485 bits per heavy atom. The van der Waals surface area contributed by atoms with Crippen LogP contribution in [-0.4, -0.2) is 47.4 Å². The number of esters is 1. The van der Waals surface area contributed by atoms with Gasteiger partial charge in [-0.3, -0.25) is 9.59 Å². The molecule has 0 bridgehead atoms. The van der Waals surface area contributed by atoms with Crippen LogP contribution in [0.4, 0.5) is 0 Å². The minimum atomic E-state index is -0.843. The van der Waals surface area contributed by atoms with Crippen molar-refractivity contribution in [3.05, 3.63) is 24.3 Å². The minimum absolute atomic E-state index is 0.0270. The van der Waals surface area contributed by atoms with Gasteiger partial charge in [0, 0.05) is 12.8 Å². The summed E-state index contributed by atoms with van der Waals surface area (Å²) in [5.41, 5.74) is 0. The van der Waals surface area contributed by atoms with E-state index in [1.54, 1.807) is 6.08 Å². The van der Waals surface area contributed by atoms with E-state index in [0.717, 1.165) is 38.5 Å². The number of rotatable bonds is 86. The zero-order valence-corrected chi connectivity index (χ0v) is 66.4. The number of allylic oxidation sites excluding steroid dienone is 3. The molecule has 0 heterocycles. The summed E-state index contributed by atoms with van der Waals surface area (Å²) in [4.78, 5) is 24.7. The molecule has 1 amide bonds. The number of carbonyl (C=O) groups excluding carboxylic acids is 2. The van der Waals surface area contributed by atoms with Crippen molar-refractivity contribution in [2.75, 3.05) is 13.2 Å². The van der Waals surface area contributed by atoms with Crippen LogP contribution in [0.15, 0.2) is 24.3 Å². The number of nitrogens with one attached hydrogen (secondary N) is 1. The monoisotopic (exact) mass is 1360 g/mol. The molecule has 2 atom stereocenters. The van der Waals surface area contributed by atoms with Gasteiger partial charge in [0.05, 0.1) is 25.4 Å². The van der Waals surface area contributed by atoms with Crippen LogP contribution in [0, 0.1) is 0 Å². The maximum absolute atomic E-state index is 12.6. The largest absolute Gasteiger partial charge is 0.466 e. The van der Waals surface area contributed by atoms with Crippen LogP contribution in [0.1, 0.15) is 521 Å². The molecule has 0 aromatic heterocycles. The molecule has 2 unspecified atom stereocenters. The molecular formula is C91H177NO5. The Morgan fingerprint density at radius 3 is 0.732 bits per heavy atom. The highest BCUT2D eigenvalue weighted by Gasteiger charge is 2.18. The number of hydrogen-bond donors (Lipinski definition) is 3. The summed E-state index contributed by atoms with van der Waals surface area (Å²) in [5.74, 6) is -0.0308. The fraction of sp³-hybridized carbons (Fsp3) is 0.934. The van der Waals surface area contributed by atoms with Crippen molar-refractivity contribution >= 4 is 11.9 Å². The lowest BCUT2D eigenvalue weighted by Gasteiger charge is -2.20. The van der Waals surface area contributed by atoms with Gasteiger partial charge in [-0.15, -0.1) is 0 Å². The molecule has 0 aromatic rings. The second-order valence-electron chi connectivity index (χ2n) is 31.3. The molecule has 0 saturated carbocycles. The molecular weight excluding hydrogens is 1190 g/mol. The summed E-state index contributed by atoms with van der Waals surface area (Å²) >= 11 is 0. The first-order chi connectivity index (χ1) is 48.0. The standard InChI is InChI=1S/C91H177NO5/c1-3-5-7-9-11-13-15-17-19-21-23-24-25-39-42-45-48-51-55-59-63-67-71-75-79-83-89(94)88(87-93)92-90(95)84-80-76-72-68-64-60-56-52-49-46-43-40-37-35-33-31-29-27-26-28-30-32-34-36-38-41-44-47-50-54-58-62-66-70-74-78-82-86-97-91(96)85-81-77-73-69-65-61-57-53-22-20-18-16-14-12-10-8-6-4-2/h26,28,79,83,88-89,93-94H,3-25,27,29-78,80-82,84-87H2,1-2H3,(H,92,95)/b28-26-,83-79+. The third-order valence-electron chi connectivity index (χ3n) is 21.5. The molecule has 0 rings (SSSR count). The quantitative estimate of drug-likeness (QED) is 0.0320. The van der Waals surface area contributed by atoms with E-state index < -0.39 is 12.1 Å². The van der Waals surface area contributed by atoms with E-state index in [1.165, 1.54) is 456 Å². The van der Waals surface area contributed by atoms with Crippen molar-refractivity contribution in [1.82, 2.24) is 5.32 Å². The molecule has 6 heteroatoms. The van der Waals surface area contributed by atoms with Crippen LogP contribution < -0.4 is 5.32 Å². The van der Waals surface area contributed by atoms with Crippen molar-refractivity contribution in [2.45, 2.75) is 533 Å². The number of carbonyl (C=O) groups is 2. The summed E-state index contributed by atoms with van der Waals surface area (Å²) in [5, 5.41) is 23.4. The first-order valence-electron chi connectivity index (χ1n) is 45.1. The Hall–Kier alpha value is -1.66. The number of ether oxygens (including phenoxy) is 1. The first-order valence-corrected chi connectivity index (χ1v) is 45.1. The number of hydrogen-bond acceptors (Lipinski definition) is 5. The fourth-order valence-electron chi connectivity index (χ4n) is 14.6. The van der Waals surface area contributed by atoms with Gasteiger partial charge in [-0.25, -0.2) is 0 Å². The van der Waals surface area contributed by atoms with Gasteiger partial charge in [0.15, 0.2) is 0 Å². The zero-order valence-electron chi connectivity index (χ0n) is 66.4. The number of amides is 1. The molecule has 97 heavy (non-hydrogen) atoms. The maximum Gasteiger partial charge on any atom is 0.305 e. The average molecular weight is 1370 g/mol. The fourth-order valence-corrected chi connectivity index (χ4v) is 14.6. The van der Waals surface area contributed by atoms with E-state index in [-0.39, 0.29) is 18.5 Å². The molecule has 0 radical (unpaired) electrons. The molecule has 576 valence electrons. The van der Waals surface area contributed by atoms with Gasteiger partial charge in [0.1, 0.15) is 0 Å². The Morgan fingerprint density at radius 1 is 0.278 bits per heavy atom. The normalized spacial score (nSPS) is 12.5. The van der Waals surface area contributed by atoms with Crippen LogP contribution in [0.25, 0.3) is 0 Å². The third kappa shape index (κ3) is 83.2. The number of aliphatic hydroxyl groups is 2. The third-order valence-corrected chi connectivity index (χ3v) is 21.5. The number of unbranched alkanes of at least 4 members (excludes halogenated alkanes) is 73. The van der Waals surface area contributed by atoms with Crippen LogP contribution in [-0.2, 0) is 14.3 Å². The lowest BCUT2D eigenvalue weighted by atomic mass is 10.0. The summed E-state index contributed by atoms with van der Waals surface area (Å²) in [7, 11) is 0. The Bertz CT molecular complexity index is 1530. The predicted molar refractivity (Wildman–Crippen MR) is 430 cm³/mol. The highest BCUT2D eigenvalue weighted by Crippen LogP contribution is 2.21. The predicted octanol–water partition coefficient (Wildman–Crippen LogP) is 30.3. The first kappa shape index (κ1) is 95.3. The van der Waals surface area contributed by atoms with E-state index in [0.29, 0.717) is 19.4 Å². The van der Waals surface area contributed by atoms with Gasteiger partial charge >= 0.3 is 5.97 Å². The molecule has 0 spiro atoms. The second kappa shape index (κ2) is 86.7. The van der Waals surface area contributed by atoms with E-state index in [1.807, 2.05) is 6.08 Å². The van der Waals surface area contributed by atoms with E-state index in [4.69, 9.17) is 4.74 Å². The van der Waals surface area contributed by atoms with E-state index >= 15 is 0 Å². The highest BCUT2D eigenvalue weighted by atomic mass is 16.5. The van der Waals surface area contributed by atoms with Crippen molar-refractivity contribution in [1.29, 1.82) is 0 Å². The molecule has 0 fully saturated rings.